The highest BCUT2D eigenvalue weighted by Crippen LogP contribution is 2.23. The Bertz CT molecular complexity index is 811. The predicted octanol–water partition coefficient (Wildman–Crippen LogP) is 3.98. The largest absolute Gasteiger partial charge is 0.377 e. The quantitative estimate of drug-likeness (QED) is 0.669. The number of hydrogen-bond donors (Lipinski definition) is 1. The van der Waals surface area contributed by atoms with Crippen molar-refractivity contribution >= 4 is 28.6 Å². The van der Waals surface area contributed by atoms with Gasteiger partial charge in [-0.15, -0.1) is 11.3 Å². The van der Waals surface area contributed by atoms with Gasteiger partial charge in [0.25, 0.3) is 0 Å². The first kappa shape index (κ1) is 22.3. The molecule has 0 bridgehead atoms. The summed E-state index contributed by atoms with van der Waals surface area (Å²) in [4.78, 5) is 18.6. The molecule has 0 aliphatic carbocycles. The van der Waals surface area contributed by atoms with Gasteiger partial charge in [-0.1, -0.05) is 6.07 Å². The summed E-state index contributed by atoms with van der Waals surface area (Å²) in [6.07, 6.45) is 2.85. The summed E-state index contributed by atoms with van der Waals surface area (Å²) in [6.45, 7) is 8.74. The fourth-order valence-corrected chi connectivity index (χ4v) is 5.18. The van der Waals surface area contributed by atoms with Gasteiger partial charge in [-0.3, -0.25) is 9.69 Å². The summed E-state index contributed by atoms with van der Waals surface area (Å²) in [5.41, 5.74) is 1.99. The van der Waals surface area contributed by atoms with Gasteiger partial charge in [0.2, 0.25) is 5.91 Å². The van der Waals surface area contributed by atoms with Crippen molar-refractivity contribution in [3.8, 4) is 0 Å². The number of anilines is 2. The third-order valence-corrected chi connectivity index (χ3v) is 6.61. The van der Waals surface area contributed by atoms with Crippen LogP contribution in [-0.2, 0) is 20.8 Å². The minimum absolute atomic E-state index is 0.0101. The van der Waals surface area contributed by atoms with Crippen molar-refractivity contribution in [2.24, 2.45) is 0 Å². The normalized spacial score (nSPS) is 24.0. The highest BCUT2D eigenvalue weighted by molar-refractivity contribution is 7.09. The molecule has 1 amide bonds. The minimum atomic E-state index is 0.0101. The lowest BCUT2D eigenvalue weighted by atomic mass is 10.2. The number of ether oxygens (including phenoxy) is 2. The van der Waals surface area contributed by atoms with E-state index < -0.39 is 0 Å². The highest BCUT2D eigenvalue weighted by atomic mass is 32.1. The molecule has 1 N–H and O–H groups in total. The summed E-state index contributed by atoms with van der Waals surface area (Å²) in [5, 5.41) is 5.14. The minimum Gasteiger partial charge on any atom is -0.377 e. The van der Waals surface area contributed by atoms with Gasteiger partial charge in [0.1, 0.15) is 0 Å². The van der Waals surface area contributed by atoms with Gasteiger partial charge < -0.3 is 19.7 Å². The van der Waals surface area contributed by atoms with Crippen LogP contribution in [0.2, 0.25) is 0 Å². The molecule has 0 saturated carbocycles. The lowest BCUT2D eigenvalue weighted by Gasteiger charge is -2.36. The third-order valence-electron chi connectivity index (χ3n) is 5.75. The molecule has 0 radical (unpaired) electrons. The van der Waals surface area contributed by atoms with Gasteiger partial charge in [0.05, 0.1) is 24.9 Å². The zero-order valence-corrected chi connectivity index (χ0v) is 19.3. The molecule has 0 spiro atoms. The van der Waals surface area contributed by atoms with E-state index >= 15 is 0 Å². The van der Waals surface area contributed by atoms with E-state index in [1.54, 1.807) is 11.3 Å². The summed E-state index contributed by atoms with van der Waals surface area (Å²) < 4.78 is 11.6. The van der Waals surface area contributed by atoms with Crippen molar-refractivity contribution in [2.45, 2.75) is 51.5 Å². The molecule has 31 heavy (non-hydrogen) atoms. The topological polar surface area (TPSA) is 54.0 Å². The van der Waals surface area contributed by atoms with E-state index in [0.717, 1.165) is 57.0 Å². The zero-order valence-electron chi connectivity index (χ0n) is 18.5. The van der Waals surface area contributed by atoms with Crippen LogP contribution in [0, 0.1) is 0 Å². The van der Waals surface area contributed by atoms with Crippen LogP contribution < -0.4 is 10.2 Å². The molecule has 3 heterocycles. The number of thiophene rings is 1. The van der Waals surface area contributed by atoms with Crippen LogP contribution in [-0.4, -0.2) is 61.9 Å². The van der Waals surface area contributed by atoms with Gasteiger partial charge in [0, 0.05) is 49.0 Å². The van der Waals surface area contributed by atoms with Crippen molar-refractivity contribution in [1.29, 1.82) is 0 Å². The standard InChI is InChI=1S/C24H33N3O3S/c1-18-13-27(14-19(2)30-18)21-9-7-20(8-10-21)25-24(28)17-26(15-22-5-3-11-29-22)16-23-6-4-12-31-23/h4,6-10,12,18-19,22H,3,5,11,13-17H2,1-2H3,(H,25,28). The Balaban J connectivity index is 1.33. The highest BCUT2D eigenvalue weighted by Gasteiger charge is 2.23. The lowest BCUT2D eigenvalue weighted by Crippen LogP contribution is -2.45. The van der Waals surface area contributed by atoms with E-state index in [4.69, 9.17) is 9.47 Å². The molecule has 7 heteroatoms. The number of carbonyl (C=O) groups is 1. The molecule has 2 aliphatic rings. The molecule has 168 valence electrons. The number of nitrogens with one attached hydrogen (secondary N) is 1. The predicted molar refractivity (Wildman–Crippen MR) is 126 cm³/mol. The molecular weight excluding hydrogens is 410 g/mol. The van der Waals surface area contributed by atoms with Crippen molar-refractivity contribution < 1.29 is 14.3 Å². The van der Waals surface area contributed by atoms with Crippen molar-refractivity contribution in [1.82, 2.24) is 4.90 Å². The van der Waals surface area contributed by atoms with E-state index in [1.165, 1.54) is 4.88 Å². The monoisotopic (exact) mass is 443 g/mol. The zero-order chi connectivity index (χ0) is 21.6. The van der Waals surface area contributed by atoms with E-state index in [1.807, 2.05) is 12.1 Å². The summed E-state index contributed by atoms with van der Waals surface area (Å²) in [5.74, 6) is 0.0101. The second-order valence-corrected chi connectivity index (χ2v) is 9.67. The summed E-state index contributed by atoms with van der Waals surface area (Å²) >= 11 is 1.73. The van der Waals surface area contributed by atoms with Crippen LogP contribution in [0.3, 0.4) is 0 Å². The van der Waals surface area contributed by atoms with Crippen LogP contribution in [0.15, 0.2) is 41.8 Å². The molecule has 3 atom stereocenters. The Morgan fingerprint density at radius 3 is 2.61 bits per heavy atom. The average Bonchev–Trinajstić information content (AvgIpc) is 3.42. The van der Waals surface area contributed by atoms with Crippen LogP contribution >= 0.6 is 11.3 Å². The van der Waals surface area contributed by atoms with Crippen LogP contribution in [0.1, 0.15) is 31.6 Å². The smallest absolute Gasteiger partial charge is 0.238 e. The Labute approximate surface area is 189 Å². The summed E-state index contributed by atoms with van der Waals surface area (Å²) in [7, 11) is 0. The molecule has 2 saturated heterocycles. The molecule has 2 aliphatic heterocycles. The number of nitrogens with zero attached hydrogens (tertiary/aromatic N) is 2. The Morgan fingerprint density at radius 1 is 1.19 bits per heavy atom. The maximum absolute atomic E-state index is 12.8. The lowest BCUT2D eigenvalue weighted by molar-refractivity contribution is -0.117. The first-order chi connectivity index (χ1) is 15.0. The molecular formula is C24H33N3O3S. The van der Waals surface area contributed by atoms with Crippen LogP contribution in [0.5, 0.6) is 0 Å². The SMILES string of the molecule is CC1CN(c2ccc(NC(=O)CN(Cc3cccs3)CC3CCCO3)cc2)CC(C)O1. The van der Waals surface area contributed by atoms with E-state index in [2.05, 4.69) is 58.6 Å². The molecule has 6 nitrogen and oxygen atoms in total. The number of rotatable bonds is 8. The van der Waals surface area contributed by atoms with Gasteiger partial charge >= 0.3 is 0 Å². The van der Waals surface area contributed by atoms with E-state index in [9.17, 15) is 4.79 Å². The fourth-order valence-electron chi connectivity index (χ4n) is 4.43. The van der Waals surface area contributed by atoms with Crippen molar-refractivity contribution in [3.63, 3.8) is 0 Å². The van der Waals surface area contributed by atoms with Crippen LogP contribution in [0.25, 0.3) is 0 Å². The second kappa shape index (κ2) is 10.6. The fraction of sp³-hybridized carbons (Fsp3) is 0.542. The van der Waals surface area contributed by atoms with Crippen LogP contribution in [0.4, 0.5) is 11.4 Å². The maximum atomic E-state index is 12.8. The molecule has 4 rings (SSSR count). The number of carbonyl (C=O) groups excluding carboxylic acids is 1. The number of amides is 1. The second-order valence-electron chi connectivity index (χ2n) is 8.64. The van der Waals surface area contributed by atoms with E-state index in [0.29, 0.717) is 6.54 Å². The molecule has 1 aromatic heterocycles. The number of morpholine rings is 1. The van der Waals surface area contributed by atoms with Gasteiger partial charge in [-0.2, -0.15) is 0 Å². The van der Waals surface area contributed by atoms with Crippen molar-refractivity contribution in [2.75, 3.05) is 43.0 Å². The molecule has 2 fully saturated rings. The number of hydrogen-bond acceptors (Lipinski definition) is 6. The Morgan fingerprint density at radius 2 is 1.97 bits per heavy atom. The first-order valence-corrected chi connectivity index (χ1v) is 12.1. The van der Waals surface area contributed by atoms with Gasteiger partial charge in [0.15, 0.2) is 0 Å². The third kappa shape index (κ3) is 6.53. The Hall–Kier alpha value is -1.93. The number of benzene rings is 1. The van der Waals surface area contributed by atoms with Gasteiger partial charge in [-0.05, 0) is 62.4 Å². The Kier molecular flexibility index (Phi) is 7.61. The van der Waals surface area contributed by atoms with Gasteiger partial charge in [-0.25, -0.2) is 0 Å². The first-order valence-electron chi connectivity index (χ1n) is 11.2. The summed E-state index contributed by atoms with van der Waals surface area (Å²) in [6, 6.07) is 12.3. The molecule has 1 aromatic carbocycles. The van der Waals surface area contributed by atoms with E-state index in [-0.39, 0.29) is 24.2 Å². The van der Waals surface area contributed by atoms with Crippen molar-refractivity contribution in [3.05, 3.63) is 46.7 Å². The average molecular weight is 444 g/mol. The molecule has 2 aromatic rings. The molecule has 3 unspecified atom stereocenters. The maximum Gasteiger partial charge on any atom is 0.238 e.